The second kappa shape index (κ2) is 5.33. The van der Waals surface area contributed by atoms with Crippen molar-refractivity contribution in [2.75, 3.05) is 0 Å². The summed E-state index contributed by atoms with van der Waals surface area (Å²) in [7, 11) is 0. The molecule has 0 aliphatic heterocycles. The fraction of sp³-hybridized carbons (Fsp3) is 0.792. The summed E-state index contributed by atoms with van der Waals surface area (Å²) in [6.45, 7) is 6.98. The first-order chi connectivity index (χ1) is 11.9. The zero-order valence-electron chi connectivity index (χ0n) is 16.3. The largest absolute Gasteiger partial charge is 0.300 e. The molecule has 1 nitrogen and oxygen atoms in total. The third-order valence-corrected chi connectivity index (χ3v) is 9.76. The zero-order valence-corrected chi connectivity index (χ0v) is 16.3. The fourth-order valence-corrected chi connectivity index (χ4v) is 8.29. The van der Waals surface area contributed by atoms with Crippen molar-refractivity contribution in [1.29, 1.82) is 0 Å². The van der Waals surface area contributed by atoms with Gasteiger partial charge in [-0.05, 0) is 105 Å². The predicted molar refractivity (Wildman–Crippen MR) is 102 cm³/mol. The smallest absolute Gasteiger partial charge is 0.133 e. The standard InChI is InChI=1S/C24H34O/c1-15(25)20-8-9-21-19-7-6-18-14-17(16-4-5-16)10-12-23(18,2)22(19)11-13-24(20,21)3/h4-5,18-22H,6-14H2,1-3H3/t18?,19-,20+,21?,22?,23-,24+/m0/s1. The molecule has 25 heavy (non-hydrogen) atoms. The van der Waals surface area contributed by atoms with E-state index in [0.29, 0.717) is 22.5 Å². The van der Waals surface area contributed by atoms with Gasteiger partial charge in [0.15, 0.2) is 0 Å². The molecule has 0 aromatic carbocycles. The molecule has 4 fully saturated rings. The van der Waals surface area contributed by atoms with Gasteiger partial charge in [0.05, 0.1) is 0 Å². The molecule has 0 spiro atoms. The molecule has 5 aliphatic rings. The van der Waals surface area contributed by atoms with Crippen molar-refractivity contribution in [1.82, 2.24) is 0 Å². The molecular weight excluding hydrogens is 304 g/mol. The van der Waals surface area contributed by atoms with E-state index >= 15 is 0 Å². The average Bonchev–Trinajstić information content (AvgIpc) is 3.35. The summed E-state index contributed by atoms with van der Waals surface area (Å²) in [6, 6.07) is 0. The van der Waals surface area contributed by atoms with Crippen LogP contribution in [-0.4, -0.2) is 5.78 Å². The summed E-state index contributed by atoms with van der Waals surface area (Å²) in [5, 5.41) is 0. The van der Waals surface area contributed by atoms with Crippen molar-refractivity contribution >= 4 is 5.78 Å². The lowest BCUT2D eigenvalue weighted by molar-refractivity contribution is -0.132. The van der Waals surface area contributed by atoms with E-state index in [0.717, 1.165) is 23.7 Å². The van der Waals surface area contributed by atoms with Crippen molar-refractivity contribution in [2.45, 2.75) is 78.6 Å². The van der Waals surface area contributed by atoms with Gasteiger partial charge in [0.1, 0.15) is 5.78 Å². The maximum atomic E-state index is 12.3. The molecule has 0 saturated heterocycles. The first-order valence-electron chi connectivity index (χ1n) is 10.8. The molecule has 3 unspecified atom stereocenters. The van der Waals surface area contributed by atoms with Crippen LogP contribution in [0.4, 0.5) is 0 Å². The summed E-state index contributed by atoms with van der Waals surface area (Å²) in [4.78, 5) is 12.3. The maximum Gasteiger partial charge on any atom is 0.133 e. The molecule has 5 rings (SSSR count). The Hall–Kier alpha value is -0.850. The van der Waals surface area contributed by atoms with Crippen molar-refractivity contribution in [3.63, 3.8) is 0 Å². The second-order valence-electron chi connectivity index (χ2n) is 10.5. The Morgan fingerprint density at radius 1 is 0.960 bits per heavy atom. The van der Waals surface area contributed by atoms with Gasteiger partial charge in [0, 0.05) is 5.92 Å². The van der Waals surface area contributed by atoms with E-state index in [-0.39, 0.29) is 0 Å². The molecule has 0 N–H and O–H groups in total. The molecule has 7 atom stereocenters. The van der Waals surface area contributed by atoms with Crippen LogP contribution in [-0.2, 0) is 4.79 Å². The van der Waals surface area contributed by atoms with Crippen LogP contribution in [0, 0.1) is 40.4 Å². The van der Waals surface area contributed by atoms with Crippen LogP contribution < -0.4 is 0 Å². The molecule has 0 heterocycles. The summed E-state index contributed by atoms with van der Waals surface area (Å²) < 4.78 is 0. The molecule has 1 heteroatoms. The summed E-state index contributed by atoms with van der Waals surface area (Å²) >= 11 is 0. The third-order valence-electron chi connectivity index (χ3n) is 9.76. The van der Waals surface area contributed by atoms with Crippen LogP contribution >= 0.6 is 0 Å². The Labute approximate surface area is 153 Å². The Morgan fingerprint density at radius 3 is 2.44 bits per heavy atom. The Bertz CT molecular complexity index is 662. The highest BCUT2D eigenvalue weighted by Gasteiger charge is 2.60. The highest BCUT2D eigenvalue weighted by atomic mass is 16.1. The summed E-state index contributed by atoms with van der Waals surface area (Å²) in [5.74, 6) is 4.39. The van der Waals surface area contributed by atoms with Crippen LogP contribution in [0.15, 0.2) is 23.3 Å². The Kier molecular flexibility index (Phi) is 3.48. The zero-order chi connectivity index (χ0) is 17.4. The number of hydrogen-bond acceptors (Lipinski definition) is 1. The lowest BCUT2D eigenvalue weighted by Crippen LogP contribution is -2.53. The van der Waals surface area contributed by atoms with Crippen molar-refractivity contribution in [3.05, 3.63) is 23.3 Å². The predicted octanol–water partition coefficient (Wildman–Crippen LogP) is 6.10. The first kappa shape index (κ1) is 16.3. The SMILES string of the molecule is CC(=O)[C@H]1CCC2[C@@H]3CCC4CC(=C5C=C5)CC[C@]4(C)C3CC[C@@]21C. The summed E-state index contributed by atoms with van der Waals surface area (Å²) in [5.41, 5.74) is 4.23. The molecule has 0 radical (unpaired) electrons. The maximum absolute atomic E-state index is 12.3. The normalized spacial score (nSPS) is 50.9. The highest BCUT2D eigenvalue weighted by molar-refractivity contribution is 5.79. The first-order valence-corrected chi connectivity index (χ1v) is 10.8. The lowest BCUT2D eigenvalue weighted by atomic mass is 9.44. The second-order valence-corrected chi connectivity index (χ2v) is 10.5. The minimum Gasteiger partial charge on any atom is -0.300 e. The number of carbonyl (C=O) groups excluding carboxylic acids is 1. The molecule has 0 aromatic rings. The minimum absolute atomic E-state index is 0.315. The Morgan fingerprint density at radius 2 is 1.72 bits per heavy atom. The van der Waals surface area contributed by atoms with Gasteiger partial charge in [0.2, 0.25) is 0 Å². The van der Waals surface area contributed by atoms with Gasteiger partial charge in [-0.25, -0.2) is 0 Å². The van der Waals surface area contributed by atoms with Gasteiger partial charge < -0.3 is 0 Å². The van der Waals surface area contributed by atoms with E-state index in [2.05, 4.69) is 26.0 Å². The number of fused-ring (bicyclic) bond motifs is 5. The van der Waals surface area contributed by atoms with Gasteiger partial charge in [-0.15, -0.1) is 0 Å². The molecule has 136 valence electrons. The van der Waals surface area contributed by atoms with E-state index in [1.807, 2.05) is 6.92 Å². The van der Waals surface area contributed by atoms with Gasteiger partial charge in [-0.3, -0.25) is 4.79 Å². The van der Waals surface area contributed by atoms with Crippen LogP contribution in [0.5, 0.6) is 0 Å². The van der Waals surface area contributed by atoms with Crippen molar-refractivity contribution in [3.8, 4) is 0 Å². The molecule has 0 aromatic heterocycles. The molecular formula is C24H34O. The van der Waals surface area contributed by atoms with Crippen LogP contribution in [0.2, 0.25) is 0 Å². The minimum atomic E-state index is 0.315. The third kappa shape index (κ3) is 2.23. The van der Waals surface area contributed by atoms with E-state index in [1.54, 1.807) is 11.1 Å². The fourth-order valence-electron chi connectivity index (χ4n) is 8.29. The monoisotopic (exact) mass is 338 g/mol. The van der Waals surface area contributed by atoms with Gasteiger partial charge in [-0.1, -0.05) is 31.6 Å². The van der Waals surface area contributed by atoms with E-state index in [4.69, 9.17) is 0 Å². The molecule has 0 bridgehead atoms. The lowest BCUT2D eigenvalue weighted by Gasteiger charge is -2.60. The number of allylic oxidation sites excluding steroid dienone is 4. The van der Waals surface area contributed by atoms with Gasteiger partial charge in [0.25, 0.3) is 0 Å². The van der Waals surface area contributed by atoms with Crippen molar-refractivity contribution < 1.29 is 4.79 Å². The number of rotatable bonds is 1. The summed E-state index contributed by atoms with van der Waals surface area (Å²) in [6.07, 6.45) is 16.8. The van der Waals surface area contributed by atoms with Crippen LogP contribution in [0.1, 0.15) is 78.6 Å². The molecule has 4 saturated carbocycles. The van der Waals surface area contributed by atoms with Crippen molar-refractivity contribution in [2.24, 2.45) is 40.4 Å². The molecule has 0 amide bonds. The number of carbonyl (C=O) groups is 1. The van der Waals surface area contributed by atoms with Crippen LogP contribution in [0.3, 0.4) is 0 Å². The van der Waals surface area contributed by atoms with E-state index < -0.39 is 0 Å². The average molecular weight is 339 g/mol. The van der Waals surface area contributed by atoms with Gasteiger partial charge >= 0.3 is 0 Å². The topological polar surface area (TPSA) is 17.1 Å². The number of hydrogen-bond donors (Lipinski definition) is 0. The molecule has 5 aliphatic carbocycles. The number of ketones is 1. The van der Waals surface area contributed by atoms with Crippen LogP contribution in [0.25, 0.3) is 0 Å². The quantitative estimate of drug-likeness (QED) is 0.564. The van der Waals surface area contributed by atoms with E-state index in [9.17, 15) is 4.79 Å². The number of Topliss-reactive ketones (excluding diaryl/α,β-unsaturated/α-hetero) is 1. The van der Waals surface area contributed by atoms with Gasteiger partial charge in [-0.2, -0.15) is 0 Å². The highest BCUT2D eigenvalue weighted by Crippen LogP contribution is 2.68. The van der Waals surface area contributed by atoms with E-state index in [1.165, 1.54) is 57.8 Å². The Balaban J connectivity index is 1.42.